The van der Waals surface area contributed by atoms with Gasteiger partial charge >= 0.3 is 0 Å². The van der Waals surface area contributed by atoms with Crippen LogP contribution in [-0.2, 0) is 5.33 Å². The second-order valence-electron chi connectivity index (χ2n) is 2.61. The number of halogens is 3. The van der Waals surface area contributed by atoms with Crippen LogP contribution in [0.5, 0.6) is 0 Å². The summed E-state index contributed by atoms with van der Waals surface area (Å²) in [5, 5.41) is 1.33. The lowest BCUT2D eigenvalue weighted by molar-refractivity contribution is 0.636. The largest absolute Gasteiger partial charge is 0.205 e. The smallest absolute Gasteiger partial charge is 0.145 e. The Labute approximate surface area is 101 Å². The van der Waals surface area contributed by atoms with Gasteiger partial charge in [-0.15, -0.1) is 11.3 Å². The van der Waals surface area contributed by atoms with Crippen molar-refractivity contribution in [1.82, 2.24) is 0 Å². The van der Waals surface area contributed by atoms with Crippen LogP contribution in [-0.4, -0.2) is 0 Å². The van der Waals surface area contributed by atoms with Crippen molar-refractivity contribution in [2.24, 2.45) is 0 Å². The van der Waals surface area contributed by atoms with Gasteiger partial charge in [-0.1, -0.05) is 15.9 Å². The molecule has 0 aliphatic rings. The lowest BCUT2D eigenvalue weighted by Gasteiger charge is -1.90. The molecular weight excluding hydrogens is 366 g/mol. The highest BCUT2D eigenvalue weighted by molar-refractivity contribution is 14.1. The van der Waals surface area contributed by atoms with Crippen LogP contribution >= 0.6 is 49.9 Å². The summed E-state index contributed by atoms with van der Waals surface area (Å²) < 4.78 is 15.7. The molecule has 1 aromatic heterocycles. The van der Waals surface area contributed by atoms with Gasteiger partial charge in [0, 0.05) is 19.0 Å². The van der Waals surface area contributed by atoms with E-state index in [1.54, 1.807) is 0 Å². The fourth-order valence-corrected chi connectivity index (χ4v) is 3.44. The maximum Gasteiger partial charge on any atom is 0.145 e. The molecule has 1 aromatic carbocycles. The number of hydrogen-bond acceptors (Lipinski definition) is 1. The fourth-order valence-electron chi connectivity index (χ4n) is 1.18. The zero-order valence-electron chi connectivity index (χ0n) is 6.48. The Kier molecular flexibility index (Phi) is 2.90. The highest BCUT2D eigenvalue weighted by atomic mass is 127. The van der Waals surface area contributed by atoms with E-state index in [0.717, 1.165) is 18.5 Å². The van der Waals surface area contributed by atoms with Crippen molar-refractivity contribution < 1.29 is 4.39 Å². The number of alkyl halides is 1. The SMILES string of the molecule is Fc1c(CBr)sc2cc(I)ccc12. The van der Waals surface area contributed by atoms with Crippen LogP contribution in [0.1, 0.15) is 4.88 Å². The zero-order valence-corrected chi connectivity index (χ0v) is 11.0. The summed E-state index contributed by atoms with van der Waals surface area (Å²) in [6.45, 7) is 0. The maximum absolute atomic E-state index is 13.5. The van der Waals surface area contributed by atoms with Gasteiger partial charge in [0.1, 0.15) is 5.82 Å². The van der Waals surface area contributed by atoms with E-state index < -0.39 is 0 Å². The second kappa shape index (κ2) is 3.82. The van der Waals surface area contributed by atoms with Crippen molar-refractivity contribution in [3.05, 3.63) is 32.5 Å². The third kappa shape index (κ3) is 1.76. The molecule has 0 aliphatic heterocycles. The molecule has 0 nitrogen and oxygen atoms in total. The number of hydrogen-bond donors (Lipinski definition) is 0. The molecule has 0 fully saturated rings. The van der Waals surface area contributed by atoms with Gasteiger partial charge in [0.2, 0.25) is 0 Å². The predicted octanol–water partition coefficient (Wildman–Crippen LogP) is 4.54. The quantitative estimate of drug-likeness (QED) is 0.510. The van der Waals surface area contributed by atoms with Crippen LogP contribution in [0.4, 0.5) is 4.39 Å². The first kappa shape index (κ1) is 9.86. The highest BCUT2D eigenvalue weighted by Gasteiger charge is 2.10. The molecule has 1 heterocycles. The van der Waals surface area contributed by atoms with Crippen LogP contribution in [0.3, 0.4) is 0 Å². The highest BCUT2D eigenvalue weighted by Crippen LogP contribution is 2.32. The molecule has 0 atom stereocenters. The minimum atomic E-state index is -0.0757. The van der Waals surface area contributed by atoms with Crippen LogP contribution in [0.25, 0.3) is 10.1 Å². The standard InChI is InChI=1S/C9H5BrFIS/c10-4-8-9(11)6-2-1-5(12)3-7(6)13-8/h1-3H,4H2. The van der Waals surface area contributed by atoms with Crippen LogP contribution in [0, 0.1) is 9.39 Å². The van der Waals surface area contributed by atoms with E-state index in [9.17, 15) is 4.39 Å². The molecule has 0 spiro atoms. The van der Waals surface area contributed by atoms with Crippen molar-refractivity contribution in [2.75, 3.05) is 0 Å². The molecule has 0 amide bonds. The number of benzene rings is 1. The monoisotopic (exact) mass is 370 g/mol. The first-order valence-electron chi connectivity index (χ1n) is 3.65. The Morgan fingerprint density at radius 2 is 2.23 bits per heavy atom. The Morgan fingerprint density at radius 1 is 1.46 bits per heavy atom. The summed E-state index contributed by atoms with van der Waals surface area (Å²) >= 11 is 7.02. The van der Waals surface area contributed by atoms with Crippen molar-refractivity contribution >= 4 is 59.9 Å². The van der Waals surface area contributed by atoms with Crippen molar-refractivity contribution in [1.29, 1.82) is 0 Å². The van der Waals surface area contributed by atoms with Gasteiger partial charge in [-0.3, -0.25) is 0 Å². The molecule has 2 aromatic rings. The Morgan fingerprint density at radius 3 is 2.92 bits per heavy atom. The van der Waals surface area contributed by atoms with E-state index in [0.29, 0.717) is 5.33 Å². The van der Waals surface area contributed by atoms with E-state index in [-0.39, 0.29) is 5.82 Å². The van der Waals surface area contributed by atoms with Crippen LogP contribution in [0.15, 0.2) is 18.2 Å². The number of rotatable bonds is 1. The topological polar surface area (TPSA) is 0 Å². The summed E-state index contributed by atoms with van der Waals surface area (Å²) in [7, 11) is 0. The van der Waals surface area contributed by atoms with Gasteiger partial charge in [0.05, 0.1) is 4.88 Å². The number of fused-ring (bicyclic) bond motifs is 1. The van der Waals surface area contributed by atoms with Crippen molar-refractivity contribution in [2.45, 2.75) is 5.33 Å². The third-order valence-electron chi connectivity index (χ3n) is 1.78. The van der Waals surface area contributed by atoms with Crippen LogP contribution < -0.4 is 0 Å². The van der Waals surface area contributed by atoms with Gasteiger partial charge in [0.25, 0.3) is 0 Å². The molecule has 4 heteroatoms. The minimum Gasteiger partial charge on any atom is -0.205 e. The molecule has 0 unspecified atom stereocenters. The van der Waals surface area contributed by atoms with Crippen molar-refractivity contribution in [3.63, 3.8) is 0 Å². The summed E-state index contributed by atoms with van der Waals surface area (Å²) in [4.78, 5) is 0.775. The molecule has 0 saturated carbocycles. The van der Waals surface area contributed by atoms with E-state index in [2.05, 4.69) is 38.5 Å². The first-order chi connectivity index (χ1) is 6.22. The van der Waals surface area contributed by atoms with Gasteiger partial charge in [-0.2, -0.15) is 0 Å². The van der Waals surface area contributed by atoms with E-state index >= 15 is 0 Å². The molecule has 0 N–H and O–H groups in total. The second-order valence-corrected chi connectivity index (χ2v) is 5.56. The first-order valence-corrected chi connectivity index (χ1v) is 6.66. The average molecular weight is 371 g/mol. The van der Waals surface area contributed by atoms with Gasteiger partial charge in [-0.05, 0) is 40.8 Å². The fraction of sp³-hybridized carbons (Fsp3) is 0.111. The lowest BCUT2D eigenvalue weighted by Crippen LogP contribution is -1.75. The van der Waals surface area contributed by atoms with Crippen LogP contribution in [0.2, 0.25) is 0 Å². The number of thiophene rings is 1. The average Bonchev–Trinajstić information content (AvgIpc) is 2.42. The minimum absolute atomic E-state index is 0.0757. The maximum atomic E-state index is 13.5. The summed E-state index contributed by atoms with van der Waals surface area (Å²) in [6, 6.07) is 5.78. The molecule has 0 radical (unpaired) electrons. The summed E-state index contributed by atoms with van der Waals surface area (Å²) in [5.74, 6) is -0.0757. The summed E-state index contributed by atoms with van der Waals surface area (Å²) in [6.07, 6.45) is 0. The lowest BCUT2D eigenvalue weighted by atomic mass is 10.2. The van der Waals surface area contributed by atoms with Gasteiger partial charge in [0.15, 0.2) is 0 Å². The molecule has 13 heavy (non-hydrogen) atoms. The van der Waals surface area contributed by atoms with E-state index in [4.69, 9.17) is 0 Å². The summed E-state index contributed by atoms with van der Waals surface area (Å²) in [5.41, 5.74) is 0. The van der Waals surface area contributed by atoms with Crippen molar-refractivity contribution in [3.8, 4) is 0 Å². The van der Waals surface area contributed by atoms with E-state index in [1.165, 1.54) is 11.3 Å². The van der Waals surface area contributed by atoms with Gasteiger partial charge < -0.3 is 0 Å². The Balaban J connectivity index is 2.76. The Bertz CT molecular complexity index is 452. The molecule has 68 valence electrons. The Hall–Kier alpha value is 0.320. The van der Waals surface area contributed by atoms with Gasteiger partial charge in [-0.25, -0.2) is 4.39 Å². The van der Waals surface area contributed by atoms with E-state index in [1.807, 2.05) is 18.2 Å². The zero-order chi connectivity index (χ0) is 9.42. The molecule has 0 saturated heterocycles. The predicted molar refractivity (Wildman–Crippen MR) is 67.1 cm³/mol. The molecule has 0 aliphatic carbocycles. The molecular formula is C9H5BrFIS. The normalized spacial score (nSPS) is 11.0. The molecule has 2 rings (SSSR count). The third-order valence-corrected chi connectivity index (χ3v) is 4.51. The molecule has 0 bridgehead atoms.